The average molecular weight is 458 g/mol. The molecule has 29 heavy (non-hydrogen) atoms. The number of aryl methyl sites for hydroxylation is 2. The van der Waals surface area contributed by atoms with Crippen LogP contribution in [0.4, 0.5) is 0 Å². The molecule has 2 heterocycles. The van der Waals surface area contributed by atoms with E-state index in [4.69, 9.17) is 16.3 Å². The summed E-state index contributed by atoms with van der Waals surface area (Å²) in [6, 6.07) is 5.96. The average Bonchev–Trinajstić information content (AvgIpc) is 3.04. The molecule has 1 aliphatic rings. The maximum atomic E-state index is 12.7. The standard InChI is InChI=1S/C18H20ClN3O5S2/c1-12-17(28-13(2)20-12)18(24)27-11-16(23)21-7-9-22(10-8-21)29(25,26)15-5-3-14(19)4-6-15/h3-6H,7-11H2,1-2H3. The van der Waals surface area contributed by atoms with E-state index < -0.39 is 16.0 Å². The van der Waals surface area contributed by atoms with Gasteiger partial charge < -0.3 is 9.64 Å². The topological polar surface area (TPSA) is 96.9 Å². The fourth-order valence-corrected chi connectivity index (χ4v) is 5.30. The minimum absolute atomic E-state index is 0.158. The Hall–Kier alpha value is -2.01. The van der Waals surface area contributed by atoms with Gasteiger partial charge in [-0.1, -0.05) is 11.6 Å². The zero-order valence-corrected chi connectivity index (χ0v) is 18.3. The van der Waals surface area contributed by atoms with Crippen molar-refractivity contribution in [1.29, 1.82) is 0 Å². The van der Waals surface area contributed by atoms with Gasteiger partial charge in [0.1, 0.15) is 4.88 Å². The maximum Gasteiger partial charge on any atom is 0.350 e. The van der Waals surface area contributed by atoms with E-state index in [9.17, 15) is 18.0 Å². The van der Waals surface area contributed by atoms with E-state index in [1.54, 1.807) is 13.8 Å². The molecule has 1 saturated heterocycles. The van der Waals surface area contributed by atoms with Crippen molar-refractivity contribution in [2.75, 3.05) is 32.8 Å². The minimum Gasteiger partial charge on any atom is -0.451 e. The Morgan fingerprint density at radius 3 is 2.31 bits per heavy atom. The number of carbonyl (C=O) groups excluding carboxylic acids is 2. The van der Waals surface area contributed by atoms with Gasteiger partial charge >= 0.3 is 5.97 Å². The molecule has 0 aliphatic carbocycles. The second-order valence-corrected chi connectivity index (χ2v) is 10.0. The third-order valence-electron chi connectivity index (χ3n) is 4.46. The molecule has 1 amide bonds. The number of piperazine rings is 1. The molecule has 1 aromatic heterocycles. The van der Waals surface area contributed by atoms with E-state index in [2.05, 4.69) is 4.98 Å². The molecule has 8 nitrogen and oxygen atoms in total. The van der Waals surface area contributed by atoms with Crippen LogP contribution < -0.4 is 0 Å². The quantitative estimate of drug-likeness (QED) is 0.638. The molecule has 0 saturated carbocycles. The Bertz CT molecular complexity index is 1010. The molecule has 0 spiro atoms. The molecule has 0 radical (unpaired) electrons. The van der Waals surface area contributed by atoms with Gasteiger partial charge in [0, 0.05) is 31.2 Å². The summed E-state index contributed by atoms with van der Waals surface area (Å²) >= 11 is 7.03. The second-order valence-electron chi connectivity index (χ2n) is 6.46. The molecular weight excluding hydrogens is 438 g/mol. The van der Waals surface area contributed by atoms with Crippen molar-refractivity contribution in [1.82, 2.24) is 14.2 Å². The van der Waals surface area contributed by atoms with Gasteiger partial charge in [-0.05, 0) is 38.1 Å². The Balaban J connectivity index is 1.53. The first-order valence-electron chi connectivity index (χ1n) is 8.83. The number of aromatic nitrogens is 1. The summed E-state index contributed by atoms with van der Waals surface area (Å²) < 4.78 is 31.8. The zero-order chi connectivity index (χ0) is 21.2. The number of halogens is 1. The molecule has 1 aliphatic heterocycles. The number of hydrogen-bond donors (Lipinski definition) is 0. The third-order valence-corrected chi connectivity index (χ3v) is 7.68. The van der Waals surface area contributed by atoms with Crippen molar-refractivity contribution < 1.29 is 22.7 Å². The van der Waals surface area contributed by atoms with Gasteiger partial charge in [0.05, 0.1) is 15.6 Å². The number of benzene rings is 1. The Kier molecular flexibility index (Phi) is 6.57. The summed E-state index contributed by atoms with van der Waals surface area (Å²) in [6.45, 7) is 3.89. The van der Waals surface area contributed by atoms with Crippen molar-refractivity contribution in [2.24, 2.45) is 0 Å². The summed E-state index contributed by atoms with van der Waals surface area (Å²) in [5, 5.41) is 1.20. The van der Waals surface area contributed by atoms with Crippen LogP contribution >= 0.6 is 22.9 Å². The maximum absolute atomic E-state index is 12.7. The highest BCUT2D eigenvalue weighted by atomic mass is 35.5. The van der Waals surface area contributed by atoms with Gasteiger partial charge in [-0.2, -0.15) is 4.31 Å². The molecule has 0 atom stereocenters. The van der Waals surface area contributed by atoms with Crippen LogP contribution in [-0.2, 0) is 19.6 Å². The first kappa shape index (κ1) is 21.7. The molecule has 3 rings (SSSR count). The van der Waals surface area contributed by atoms with Crippen LogP contribution in [0.2, 0.25) is 5.02 Å². The highest BCUT2D eigenvalue weighted by Crippen LogP contribution is 2.20. The molecule has 1 aromatic carbocycles. The lowest BCUT2D eigenvalue weighted by Crippen LogP contribution is -2.51. The molecule has 2 aromatic rings. The number of hydrogen-bond acceptors (Lipinski definition) is 7. The van der Waals surface area contributed by atoms with E-state index >= 15 is 0 Å². The van der Waals surface area contributed by atoms with Gasteiger partial charge in [-0.3, -0.25) is 4.79 Å². The fourth-order valence-electron chi connectivity index (χ4n) is 2.94. The third kappa shape index (κ3) is 4.95. The predicted molar refractivity (Wildman–Crippen MR) is 109 cm³/mol. The second kappa shape index (κ2) is 8.78. The zero-order valence-electron chi connectivity index (χ0n) is 15.9. The molecule has 156 valence electrons. The smallest absolute Gasteiger partial charge is 0.350 e. The number of ether oxygens (including phenoxy) is 1. The van der Waals surface area contributed by atoms with Gasteiger partial charge in [0.2, 0.25) is 10.0 Å². The van der Waals surface area contributed by atoms with Crippen molar-refractivity contribution >= 4 is 44.8 Å². The summed E-state index contributed by atoms with van der Waals surface area (Å²) in [5.74, 6) is -0.939. The van der Waals surface area contributed by atoms with Crippen LogP contribution in [0.1, 0.15) is 20.4 Å². The summed E-state index contributed by atoms with van der Waals surface area (Å²) in [7, 11) is -3.65. The van der Waals surface area contributed by atoms with Crippen LogP contribution in [0.3, 0.4) is 0 Å². The van der Waals surface area contributed by atoms with Crippen LogP contribution in [-0.4, -0.2) is 67.3 Å². The number of esters is 1. The lowest BCUT2D eigenvalue weighted by atomic mass is 10.3. The Labute approximate surface area is 178 Å². The molecule has 1 fully saturated rings. The van der Waals surface area contributed by atoms with E-state index in [1.807, 2.05) is 0 Å². The highest BCUT2D eigenvalue weighted by Gasteiger charge is 2.30. The minimum atomic E-state index is -3.65. The van der Waals surface area contributed by atoms with Crippen molar-refractivity contribution in [3.05, 3.63) is 44.9 Å². The Morgan fingerprint density at radius 2 is 1.76 bits per heavy atom. The lowest BCUT2D eigenvalue weighted by Gasteiger charge is -2.33. The van der Waals surface area contributed by atoms with Crippen LogP contribution in [0.5, 0.6) is 0 Å². The largest absolute Gasteiger partial charge is 0.451 e. The predicted octanol–water partition coefficient (Wildman–Crippen LogP) is 2.10. The molecule has 11 heteroatoms. The first-order valence-corrected chi connectivity index (χ1v) is 11.5. The van der Waals surface area contributed by atoms with Gasteiger partial charge in [0.25, 0.3) is 5.91 Å². The van der Waals surface area contributed by atoms with Gasteiger partial charge in [-0.15, -0.1) is 11.3 Å². The number of nitrogens with zero attached hydrogens (tertiary/aromatic N) is 3. The lowest BCUT2D eigenvalue weighted by molar-refractivity contribution is -0.135. The van der Waals surface area contributed by atoms with Crippen LogP contribution in [0.25, 0.3) is 0 Å². The normalized spacial score (nSPS) is 15.3. The van der Waals surface area contributed by atoms with Crippen LogP contribution in [0.15, 0.2) is 29.2 Å². The molecule has 0 unspecified atom stereocenters. The van der Waals surface area contributed by atoms with Gasteiger partial charge in [0.15, 0.2) is 6.61 Å². The number of amides is 1. The molecular formula is C18H20ClN3O5S2. The van der Waals surface area contributed by atoms with Crippen LogP contribution in [0, 0.1) is 13.8 Å². The van der Waals surface area contributed by atoms with Crippen molar-refractivity contribution in [3.8, 4) is 0 Å². The number of sulfonamides is 1. The van der Waals surface area contributed by atoms with E-state index in [0.29, 0.717) is 15.6 Å². The van der Waals surface area contributed by atoms with Crippen molar-refractivity contribution in [2.45, 2.75) is 18.7 Å². The molecule has 0 N–H and O–H groups in total. The highest BCUT2D eigenvalue weighted by molar-refractivity contribution is 7.89. The van der Waals surface area contributed by atoms with E-state index in [-0.39, 0.29) is 43.6 Å². The van der Waals surface area contributed by atoms with Gasteiger partial charge in [-0.25, -0.2) is 18.2 Å². The summed E-state index contributed by atoms with van der Waals surface area (Å²) in [5.41, 5.74) is 0.575. The SMILES string of the molecule is Cc1nc(C)c(C(=O)OCC(=O)N2CCN(S(=O)(=O)c3ccc(Cl)cc3)CC2)s1. The van der Waals surface area contributed by atoms with Crippen molar-refractivity contribution in [3.63, 3.8) is 0 Å². The monoisotopic (exact) mass is 457 g/mol. The summed E-state index contributed by atoms with van der Waals surface area (Å²) in [6.07, 6.45) is 0. The van der Waals surface area contributed by atoms with E-state index in [1.165, 1.54) is 44.8 Å². The fraction of sp³-hybridized carbons (Fsp3) is 0.389. The first-order chi connectivity index (χ1) is 13.7. The Morgan fingerprint density at radius 1 is 1.14 bits per heavy atom. The molecule has 0 bridgehead atoms. The number of carbonyl (C=O) groups is 2. The summed E-state index contributed by atoms with van der Waals surface area (Å²) in [4.78, 5) is 30.6. The van der Waals surface area contributed by atoms with E-state index in [0.717, 1.165) is 5.01 Å². The number of rotatable bonds is 5. The number of thiazole rings is 1.